The van der Waals surface area contributed by atoms with Crippen molar-refractivity contribution < 1.29 is 0 Å². The second-order valence-electron chi connectivity index (χ2n) is 16.4. The Labute approximate surface area is 367 Å². The van der Waals surface area contributed by atoms with Crippen molar-refractivity contribution in [3.05, 3.63) is 249 Å². The van der Waals surface area contributed by atoms with Crippen molar-refractivity contribution in [2.24, 2.45) is 0 Å². The molecule has 0 saturated heterocycles. The average Bonchev–Trinajstić information content (AvgIpc) is 3.36. The first-order valence-corrected chi connectivity index (χ1v) is 21.7. The molecule has 0 N–H and O–H groups in total. The van der Waals surface area contributed by atoms with Crippen molar-refractivity contribution in [1.82, 2.24) is 0 Å². The SMILES string of the molecule is c1ccc(-c2c(-c3ccccc3)c3cc(N(c4ccc(-c5ccc(-c6ccc7ccccc7c6)cc5)cc4)c4cccc5c4ccc4ccccc45)ccc3c3ccccc23)cc1. The zero-order valence-electron chi connectivity index (χ0n) is 34.6. The quantitative estimate of drug-likeness (QED) is 0.145. The standard InChI is InChI=1S/C62H41N/c1-3-16-47(17-4-1)61-58-23-12-11-22-55(58)56-39-37-52(41-59(56)62(61)48-18-5-2-6-19-48)63(60-25-13-24-54-53-21-10-9-15-46(53)34-38-57(54)60)51-35-32-44(33-36-51)43-26-28-45(29-27-43)50-31-30-42-14-7-8-20-49(42)40-50/h1-41H. The Morgan fingerprint density at radius 3 is 1.38 bits per heavy atom. The van der Waals surface area contributed by atoms with Gasteiger partial charge in [-0.05, 0) is 129 Å². The lowest BCUT2D eigenvalue weighted by Gasteiger charge is -2.28. The fourth-order valence-corrected chi connectivity index (χ4v) is 9.80. The minimum atomic E-state index is 1.09. The maximum atomic E-state index is 2.45. The summed E-state index contributed by atoms with van der Waals surface area (Å²) in [5.74, 6) is 0. The Balaban J connectivity index is 1.05. The molecule has 0 unspecified atom stereocenters. The van der Waals surface area contributed by atoms with Gasteiger partial charge in [-0.2, -0.15) is 0 Å². The van der Waals surface area contributed by atoms with Gasteiger partial charge in [-0.1, -0.05) is 212 Å². The Morgan fingerprint density at radius 2 is 0.667 bits per heavy atom. The van der Waals surface area contributed by atoms with Gasteiger partial charge in [-0.25, -0.2) is 0 Å². The average molecular weight is 800 g/mol. The molecule has 0 aliphatic carbocycles. The second-order valence-corrected chi connectivity index (χ2v) is 16.4. The van der Waals surface area contributed by atoms with Crippen LogP contribution in [0.25, 0.3) is 98.4 Å². The molecule has 0 aromatic heterocycles. The molecule has 12 aromatic rings. The van der Waals surface area contributed by atoms with E-state index in [1.54, 1.807) is 0 Å². The highest BCUT2D eigenvalue weighted by Gasteiger charge is 2.21. The summed E-state index contributed by atoms with van der Waals surface area (Å²) < 4.78 is 0. The van der Waals surface area contributed by atoms with E-state index in [-0.39, 0.29) is 0 Å². The van der Waals surface area contributed by atoms with Crippen LogP contribution in [0.4, 0.5) is 17.1 Å². The van der Waals surface area contributed by atoms with Gasteiger partial charge in [-0.3, -0.25) is 0 Å². The maximum Gasteiger partial charge on any atom is 0.0540 e. The van der Waals surface area contributed by atoms with Crippen LogP contribution < -0.4 is 4.90 Å². The highest BCUT2D eigenvalue weighted by molar-refractivity contribution is 6.22. The van der Waals surface area contributed by atoms with Crippen LogP contribution in [0.2, 0.25) is 0 Å². The number of anilines is 3. The zero-order valence-corrected chi connectivity index (χ0v) is 34.6. The van der Waals surface area contributed by atoms with E-state index in [2.05, 4.69) is 254 Å². The van der Waals surface area contributed by atoms with Gasteiger partial charge in [0.15, 0.2) is 0 Å². The van der Waals surface area contributed by atoms with Crippen LogP contribution in [-0.2, 0) is 0 Å². The first kappa shape index (κ1) is 36.6. The Morgan fingerprint density at radius 1 is 0.206 bits per heavy atom. The molecule has 0 amide bonds. The van der Waals surface area contributed by atoms with E-state index >= 15 is 0 Å². The molecule has 0 heterocycles. The monoisotopic (exact) mass is 799 g/mol. The third-order valence-corrected chi connectivity index (χ3v) is 12.8. The molecular weight excluding hydrogens is 759 g/mol. The summed E-state index contributed by atoms with van der Waals surface area (Å²) in [4.78, 5) is 2.45. The van der Waals surface area contributed by atoms with Gasteiger partial charge in [0.25, 0.3) is 0 Å². The number of benzene rings is 12. The largest absolute Gasteiger partial charge is 0.310 e. The van der Waals surface area contributed by atoms with Crippen LogP contribution in [0.1, 0.15) is 0 Å². The molecule has 0 atom stereocenters. The van der Waals surface area contributed by atoms with E-state index in [1.165, 1.54) is 98.4 Å². The molecule has 294 valence electrons. The number of nitrogens with zero attached hydrogens (tertiary/aromatic N) is 1. The third kappa shape index (κ3) is 6.42. The number of hydrogen-bond acceptors (Lipinski definition) is 1. The van der Waals surface area contributed by atoms with Crippen LogP contribution in [0.3, 0.4) is 0 Å². The van der Waals surface area contributed by atoms with Crippen LogP contribution in [0.15, 0.2) is 249 Å². The molecule has 0 fully saturated rings. The number of rotatable bonds is 7. The van der Waals surface area contributed by atoms with Gasteiger partial charge in [0, 0.05) is 16.8 Å². The smallest absolute Gasteiger partial charge is 0.0540 e. The van der Waals surface area contributed by atoms with Gasteiger partial charge in [0.05, 0.1) is 5.69 Å². The van der Waals surface area contributed by atoms with Crippen molar-refractivity contribution in [3.8, 4) is 44.5 Å². The molecule has 0 spiro atoms. The first-order chi connectivity index (χ1) is 31.2. The van der Waals surface area contributed by atoms with Gasteiger partial charge in [0.2, 0.25) is 0 Å². The summed E-state index contributed by atoms with van der Waals surface area (Å²) in [6.07, 6.45) is 0. The maximum absolute atomic E-state index is 2.45. The van der Waals surface area contributed by atoms with E-state index < -0.39 is 0 Å². The van der Waals surface area contributed by atoms with Crippen LogP contribution in [0.5, 0.6) is 0 Å². The van der Waals surface area contributed by atoms with Gasteiger partial charge >= 0.3 is 0 Å². The van der Waals surface area contributed by atoms with Crippen LogP contribution in [0, 0.1) is 0 Å². The minimum absolute atomic E-state index is 1.09. The molecule has 0 bridgehead atoms. The summed E-state index contributed by atoms with van der Waals surface area (Å²) in [5.41, 5.74) is 13.0. The predicted octanol–water partition coefficient (Wildman–Crippen LogP) is 17.6. The topological polar surface area (TPSA) is 3.24 Å². The molecule has 0 aliphatic rings. The number of fused-ring (bicyclic) bond motifs is 7. The predicted molar refractivity (Wildman–Crippen MR) is 270 cm³/mol. The van der Waals surface area contributed by atoms with Crippen molar-refractivity contribution in [3.63, 3.8) is 0 Å². The van der Waals surface area contributed by atoms with E-state index in [0.29, 0.717) is 0 Å². The molecule has 1 heteroatoms. The molecule has 12 aromatic carbocycles. The van der Waals surface area contributed by atoms with Crippen molar-refractivity contribution >= 4 is 70.9 Å². The Kier molecular flexibility index (Phi) is 8.90. The van der Waals surface area contributed by atoms with Crippen molar-refractivity contribution in [2.45, 2.75) is 0 Å². The Bertz CT molecular complexity index is 3650. The molecule has 63 heavy (non-hydrogen) atoms. The van der Waals surface area contributed by atoms with E-state index in [0.717, 1.165) is 17.1 Å². The molecule has 12 rings (SSSR count). The molecule has 0 saturated carbocycles. The summed E-state index contributed by atoms with van der Waals surface area (Å²) in [5, 5.41) is 12.4. The van der Waals surface area contributed by atoms with Crippen LogP contribution in [-0.4, -0.2) is 0 Å². The van der Waals surface area contributed by atoms with E-state index in [9.17, 15) is 0 Å². The fraction of sp³-hybridized carbons (Fsp3) is 0. The van der Waals surface area contributed by atoms with Crippen LogP contribution >= 0.6 is 0 Å². The van der Waals surface area contributed by atoms with Crippen molar-refractivity contribution in [2.75, 3.05) is 4.90 Å². The highest BCUT2D eigenvalue weighted by Crippen LogP contribution is 2.48. The third-order valence-electron chi connectivity index (χ3n) is 12.8. The normalized spacial score (nSPS) is 11.5. The minimum Gasteiger partial charge on any atom is -0.310 e. The second kappa shape index (κ2) is 15.3. The lowest BCUT2D eigenvalue weighted by Crippen LogP contribution is -2.10. The summed E-state index contributed by atoms with van der Waals surface area (Å²) >= 11 is 0. The van der Waals surface area contributed by atoms with Gasteiger partial charge < -0.3 is 4.90 Å². The molecule has 0 aliphatic heterocycles. The van der Waals surface area contributed by atoms with E-state index in [1.807, 2.05) is 0 Å². The fourth-order valence-electron chi connectivity index (χ4n) is 9.80. The molecule has 1 nitrogen and oxygen atoms in total. The number of hydrogen-bond donors (Lipinski definition) is 0. The summed E-state index contributed by atoms with van der Waals surface area (Å²) in [7, 11) is 0. The lowest BCUT2D eigenvalue weighted by atomic mass is 9.85. The lowest BCUT2D eigenvalue weighted by molar-refractivity contribution is 1.30. The molecule has 0 radical (unpaired) electrons. The zero-order chi connectivity index (χ0) is 41.7. The van der Waals surface area contributed by atoms with Crippen molar-refractivity contribution in [1.29, 1.82) is 0 Å². The first-order valence-electron chi connectivity index (χ1n) is 21.7. The van der Waals surface area contributed by atoms with E-state index in [4.69, 9.17) is 0 Å². The van der Waals surface area contributed by atoms with Gasteiger partial charge in [-0.15, -0.1) is 0 Å². The van der Waals surface area contributed by atoms with Gasteiger partial charge in [0.1, 0.15) is 0 Å². The molecular formula is C62H41N. The Hall–Kier alpha value is -8.26. The summed E-state index contributed by atoms with van der Waals surface area (Å²) in [6, 6.07) is 91.1. The highest BCUT2D eigenvalue weighted by atomic mass is 15.1. The summed E-state index contributed by atoms with van der Waals surface area (Å²) in [6.45, 7) is 0.